The van der Waals surface area contributed by atoms with Crippen LogP contribution < -0.4 is 5.32 Å². The minimum atomic E-state index is -0.470. The molecular weight excluding hydrogens is 534 g/mol. The Morgan fingerprint density at radius 1 is 1.26 bits per heavy atom. The summed E-state index contributed by atoms with van der Waals surface area (Å²) < 4.78 is 7.69. The Bertz CT molecular complexity index is 1320. The maximum atomic E-state index is 13.6. The number of ether oxygens (including phenoxy) is 1. The molecule has 210 valence electrons. The molecule has 3 aliphatic rings. The van der Waals surface area contributed by atoms with E-state index in [9.17, 15) is 9.59 Å². The van der Waals surface area contributed by atoms with Crippen LogP contribution in [-0.4, -0.2) is 77.1 Å². The van der Waals surface area contributed by atoms with Crippen LogP contribution in [0.4, 0.5) is 0 Å². The first-order chi connectivity index (χ1) is 18.7. The maximum absolute atomic E-state index is 13.6. The number of dihydropyridines is 1. The van der Waals surface area contributed by atoms with Crippen molar-refractivity contribution in [2.75, 3.05) is 33.0 Å². The Labute approximate surface area is 239 Å². The van der Waals surface area contributed by atoms with Gasteiger partial charge >= 0.3 is 0 Å². The van der Waals surface area contributed by atoms with Crippen molar-refractivity contribution in [1.29, 1.82) is 0 Å². The number of likely N-dealkylation sites (tertiary alicyclic amines) is 1. The third-order valence-electron chi connectivity index (χ3n) is 8.82. The summed E-state index contributed by atoms with van der Waals surface area (Å²) in [5.74, 6) is -0.411. The fourth-order valence-electron chi connectivity index (χ4n) is 6.53. The molecule has 1 unspecified atom stereocenters. The molecule has 4 heterocycles. The van der Waals surface area contributed by atoms with Crippen molar-refractivity contribution in [2.24, 2.45) is 16.8 Å². The van der Waals surface area contributed by atoms with Gasteiger partial charge in [-0.2, -0.15) is 0 Å². The number of halogens is 1. The molecule has 10 heteroatoms. The number of thioether (sulfide) groups is 1. The van der Waals surface area contributed by atoms with Crippen LogP contribution in [0.3, 0.4) is 0 Å². The van der Waals surface area contributed by atoms with Crippen LogP contribution in [0.5, 0.6) is 0 Å². The third-order valence-corrected chi connectivity index (χ3v) is 9.90. The number of pyridine rings is 1. The van der Waals surface area contributed by atoms with Crippen molar-refractivity contribution < 1.29 is 14.3 Å². The number of nitrogens with zero attached hydrogens (tertiary/aromatic N) is 4. The zero-order chi connectivity index (χ0) is 27.8. The van der Waals surface area contributed by atoms with Crippen LogP contribution >= 0.6 is 23.4 Å². The number of amides is 2. The summed E-state index contributed by atoms with van der Waals surface area (Å²) in [7, 11) is 1.80. The molecule has 8 nitrogen and oxygen atoms in total. The van der Waals surface area contributed by atoms with Gasteiger partial charge in [-0.1, -0.05) is 11.6 Å². The van der Waals surface area contributed by atoms with Gasteiger partial charge in [-0.05, 0) is 70.8 Å². The fourth-order valence-corrected chi connectivity index (χ4v) is 7.44. The molecule has 39 heavy (non-hydrogen) atoms. The fraction of sp³-hybridized carbons (Fsp3) is 0.586. The van der Waals surface area contributed by atoms with Gasteiger partial charge in [0.05, 0.1) is 22.6 Å². The summed E-state index contributed by atoms with van der Waals surface area (Å²) in [5, 5.41) is 4.25. The van der Waals surface area contributed by atoms with Crippen LogP contribution in [0.15, 0.2) is 28.2 Å². The van der Waals surface area contributed by atoms with E-state index in [0.29, 0.717) is 34.4 Å². The molecular formula is C29H38ClN5O3S. The number of carbonyl (C=O) groups excluding carboxylic acids is 2. The second-order valence-corrected chi connectivity index (χ2v) is 12.4. The topological polar surface area (TPSA) is 88.8 Å². The average molecular weight is 572 g/mol. The van der Waals surface area contributed by atoms with E-state index in [-0.39, 0.29) is 24.4 Å². The second-order valence-electron chi connectivity index (χ2n) is 11.1. The molecule has 2 aliphatic heterocycles. The number of carbonyl (C=O) groups is 2. The predicted octanol–water partition coefficient (Wildman–Crippen LogP) is 5.04. The molecule has 2 amide bonds. The lowest BCUT2D eigenvalue weighted by molar-refractivity contribution is -0.120. The van der Waals surface area contributed by atoms with Crippen LogP contribution in [-0.2, 0) is 9.53 Å². The van der Waals surface area contributed by atoms with Crippen molar-refractivity contribution in [3.05, 3.63) is 39.5 Å². The maximum Gasteiger partial charge on any atom is 0.255 e. The van der Waals surface area contributed by atoms with E-state index in [0.717, 1.165) is 47.6 Å². The van der Waals surface area contributed by atoms with Crippen molar-refractivity contribution >= 4 is 51.9 Å². The number of nitrogens with one attached hydrogen (secondary N) is 1. The molecule has 1 saturated heterocycles. The van der Waals surface area contributed by atoms with Crippen molar-refractivity contribution in [2.45, 2.75) is 64.6 Å². The van der Waals surface area contributed by atoms with E-state index in [1.54, 1.807) is 13.3 Å². The molecule has 0 bridgehead atoms. The Morgan fingerprint density at radius 3 is 2.64 bits per heavy atom. The average Bonchev–Trinajstić information content (AvgIpc) is 3.17. The first kappa shape index (κ1) is 28.3. The molecule has 1 saturated carbocycles. The number of hydrogen-bond donors (Lipinski definition) is 1. The smallest absolute Gasteiger partial charge is 0.255 e. The van der Waals surface area contributed by atoms with Gasteiger partial charge in [0.1, 0.15) is 5.65 Å². The van der Waals surface area contributed by atoms with Gasteiger partial charge < -0.3 is 14.6 Å². The summed E-state index contributed by atoms with van der Waals surface area (Å²) in [6.07, 6.45) is 10.5. The first-order valence-corrected chi connectivity index (χ1v) is 15.4. The van der Waals surface area contributed by atoms with Gasteiger partial charge in [0, 0.05) is 66.7 Å². The molecule has 2 atom stereocenters. The molecule has 2 fully saturated rings. The molecule has 2 aromatic heterocycles. The summed E-state index contributed by atoms with van der Waals surface area (Å²) in [6, 6.07) is 2.65. The Morgan fingerprint density at radius 2 is 1.97 bits per heavy atom. The van der Waals surface area contributed by atoms with E-state index < -0.39 is 5.92 Å². The van der Waals surface area contributed by atoms with Crippen LogP contribution in [0.2, 0.25) is 5.02 Å². The summed E-state index contributed by atoms with van der Waals surface area (Å²) >= 11 is 7.87. The van der Waals surface area contributed by atoms with Gasteiger partial charge in [-0.15, -0.1) is 11.8 Å². The van der Waals surface area contributed by atoms with E-state index in [1.165, 1.54) is 24.6 Å². The molecule has 0 radical (unpaired) electrons. The lowest BCUT2D eigenvalue weighted by atomic mass is 9.80. The third kappa shape index (κ3) is 5.56. The lowest BCUT2D eigenvalue weighted by Gasteiger charge is -2.46. The van der Waals surface area contributed by atoms with Crippen molar-refractivity contribution in [1.82, 2.24) is 19.8 Å². The van der Waals surface area contributed by atoms with Crippen LogP contribution in [0, 0.1) is 18.8 Å². The van der Waals surface area contributed by atoms with Crippen molar-refractivity contribution in [3.8, 4) is 0 Å². The number of aliphatic imine (C=N–C) groups is 1. The summed E-state index contributed by atoms with van der Waals surface area (Å²) in [5.41, 5.74) is 2.92. The first-order valence-electron chi connectivity index (χ1n) is 13.8. The van der Waals surface area contributed by atoms with Gasteiger partial charge in [0.25, 0.3) is 11.8 Å². The highest BCUT2D eigenvalue weighted by molar-refractivity contribution is 8.02. The Hall–Kier alpha value is -2.20. The van der Waals surface area contributed by atoms with E-state index in [4.69, 9.17) is 16.3 Å². The molecule has 2 aromatic rings. The summed E-state index contributed by atoms with van der Waals surface area (Å²) in [6.45, 7) is 8.33. The molecule has 1 N–H and O–H groups in total. The Kier molecular flexibility index (Phi) is 8.52. The summed E-state index contributed by atoms with van der Waals surface area (Å²) in [4.78, 5) is 38.5. The zero-order valence-electron chi connectivity index (χ0n) is 23.4. The standard InChI is InChI=1S/C29H38ClN5O3S/c1-16-10-25(39-5)24(28(36)33-16)13-32-29(37)26-18(3)35(27-23(26)11-20(30)12-31-27)17(2)19-6-8-21(9-7-19)34-14-22(15-34)38-4/h10-12,17,19,21-22,24H,6-9,13-15H2,1-5H3,(H,32,37)/t17-,19?,21?,24?/m1/s1. The SMILES string of the molecule is COC1CN(C2CCC([C@@H](C)n3c(C)c(C(=O)NCC4C(=O)N=C(C)C=C4SC)c4cc(Cl)cnc43)CC2)C1. The van der Waals surface area contributed by atoms with E-state index >= 15 is 0 Å². The van der Waals surface area contributed by atoms with Crippen LogP contribution in [0.25, 0.3) is 11.0 Å². The number of rotatable bonds is 8. The van der Waals surface area contributed by atoms with Gasteiger partial charge in [0.15, 0.2) is 0 Å². The number of allylic oxidation sites excluding steroid dienone is 1. The second kappa shape index (κ2) is 11.7. The minimum absolute atomic E-state index is 0.190. The number of aromatic nitrogens is 2. The quantitative estimate of drug-likeness (QED) is 0.477. The van der Waals surface area contributed by atoms with Gasteiger partial charge in [-0.25, -0.2) is 9.98 Å². The highest BCUT2D eigenvalue weighted by Gasteiger charge is 2.37. The van der Waals surface area contributed by atoms with Crippen molar-refractivity contribution in [3.63, 3.8) is 0 Å². The number of methoxy groups -OCH3 is 1. The number of fused-ring (bicyclic) bond motifs is 1. The van der Waals surface area contributed by atoms with E-state index in [2.05, 4.69) is 31.7 Å². The highest BCUT2D eigenvalue weighted by atomic mass is 35.5. The molecule has 1 aliphatic carbocycles. The minimum Gasteiger partial charge on any atom is -0.379 e. The molecule has 0 aromatic carbocycles. The van der Waals surface area contributed by atoms with Crippen LogP contribution in [0.1, 0.15) is 61.6 Å². The highest BCUT2D eigenvalue weighted by Crippen LogP contribution is 2.39. The predicted molar refractivity (Wildman–Crippen MR) is 158 cm³/mol. The Balaban J connectivity index is 1.34. The number of hydrogen-bond acceptors (Lipinski definition) is 6. The largest absolute Gasteiger partial charge is 0.379 e. The molecule has 5 rings (SSSR count). The zero-order valence-corrected chi connectivity index (χ0v) is 24.9. The van der Waals surface area contributed by atoms with Gasteiger partial charge in [-0.3, -0.25) is 14.5 Å². The van der Waals surface area contributed by atoms with E-state index in [1.807, 2.05) is 32.2 Å². The molecule has 0 spiro atoms. The van der Waals surface area contributed by atoms with Gasteiger partial charge in [0.2, 0.25) is 0 Å². The lowest BCUT2D eigenvalue weighted by Crippen LogP contribution is -2.56. The monoisotopic (exact) mass is 571 g/mol. The normalized spacial score (nSPS) is 25.3.